The molecular formula is C14H22N2O. The number of nitrogens with one attached hydrogen (secondary N) is 1. The second kappa shape index (κ2) is 5.92. The van der Waals surface area contributed by atoms with Crippen LogP contribution in [0, 0.1) is 5.92 Å². The summed E-state index contributed by atoms with van der Waals surface area (Å²) in [6.07, 6.45) is 2.59. The summed E-state index contributed by atoms with van der Waals surface area (Å²) >= 11 is 0. The van der Waals surface area contributed by atoms with Crippen LogP contribution in [0.15, 0.2) is 24.3 Å². The topological polar surface area (TPSA) is 24.5 Å². The van der Waals surface area contributed by atoms with Crippen molar-refractivity contribution in [2.24, 2.45) is 5.92 Å². The lowest BCUT2D eigenvalue weighted by molar-refractivity contribution is 0.415. The summed E-state index contributed by atoms with van der Waals surface area (Å²) in [6.45, 7) is 3.49. The molecule has 94 valence electrons. The van der Waals surface area contributed by atoms with Gasteiger partial charge in [0.25, 0.3) is 0 Å². The molecule has 1 aromatic rings. The average molecular weight is 234 g/mol. The number of ether oxygens (including phenoxy) is 1. The Hall–Kier alpha value is -1.22. The van der Waals surface area contributed by atoms with Crippen LogP contribution < -0.4 is 15.0 Å². The number of hydrogen-bond donors (Lipinski definition) is 1. The van der Waals surface area contributed by atoms with Crippen LogP contribution in [0.5, 0.6) is 5.75 Å². The number of benzene rings is 1. The van der Waals surface area contributed by atoms with E-state index in [1.54, 1.807) is 7.11 Å². The van der Waals surface area contributed by atoms with E-state index < -0.39 is 0 Å². The maximum atomic E-state index is 5.25. The fourth-order valence-electron chi connectivity index (χ4n) is 2.31. The molecule has 1 aliphatic rings. The zero-order chi connectivity index (χ0) is 12.1. The normalized spacial score (nSPS) is 19.3. The minimum atomic E-state index is 0.850. The van der Waals surface area contributed by atoms with Gasteiger partial charge in [-0.05, 0) is 44.0 Å². The molecule has 1 fully saturated rings. The van der Waals surface area contributed by atoms with Crippen molar-refractivity contribution in [3.05, 3.63) is 24.3 Å². The lowest BCUT2D eigenvalue weighted by Gasteiger charge is -2.21. The fourth-order valence-corrected chi connectivity index (χ4v) is 2.31. The van der Waals surface area contributed by atoms with Crippen molar-refractivity contribution in [1.82, 2.24) is 5.32 Å². The van der Waals surface area contributed by atoms with Crippen molar-refractivity contribution >= 4 is 5.69 Å². The van der Waals surface area contributed by atoms with Gasteiger partial charge in [-0.2, -0.15) is 0 Å². The Kier molecular flexibility index (Phi) is 4.26. The zero-order valence-electron chi connectivity index (χ0n) is 10.8. The number of rotatable bonds is 5. The van der Waals surface area contributed by atoms with Crippen LogP contribution in [0.3, 0.4) is 0 Å². The van der Waals surface area contributed by atoms with Gasteiger partial charge in [0, 0.05) is 25.3 Å². The smallest absolute Gasteiger partial charge is 0.120 e. The number of nitrogens with zero attached hydrogens (tertiary/aromatic N) is 1. The second-order valence-electron chi connectivity index (χ2n) is 4.77. The minimum Gasteiger partial charge on any atom is -0.497 e. The third kappa shape index (κ3) is 3.37. The molecule has 0 radical (unpaired) electrons. The van der Waals surface area contributed by atoms with Crippen LogP contribution >= 0.6 is 0 Å². The number of hydrogen-bond acceptors (Lipinski definition) is 3. The van der Waals surface area contributed by atoms with Gasteiger partial charge in [-0.15, -0.1) is 0 Å². The Bertz CT molecular complexity index is 348. The van der Waals surface area contributed by atoms with E-state index in [1.165, 1.54) is 31.6 Å². The highest BCUT2D eigenvalue weighted by Gasteiger charge is 2.14. The number of anilines is 1. The summed E-state index contributed by atoms with van der Waals surface area (Å²) in [5.74, 6) is 1.78. The van der Waals surface area contributed by atoms with E-state index in [1.807, 2.05) is 12.1 Å². The average Bonchev–Trinajstić information content (AvgIpc) is 2.89. The molecule has 0 amide bonds. The van der Waals surface area contributed by atoms with Gasteiger partial charge in [0.15, 0.2) is 0 Å². The van der Waals surface area contributed by atoms with Crippen molar-refractivity contribution in [3.8, 4) is 5.75 Å². The van der Waals surface area contributed by atoms with E-state index in [0.29, 0.717) is 0 Å². The van der Waals surface area contributed by atoms with E-state index in [9.17, 15) is 0 Å². The molecule has 0 spiro atoms. The van der Waals surface area contributed by atoms with Crippen LogP contribution in [0.1, 0.15) is 12.8 Å². The zero-order valence-corrected chi connectivity index (χ0v) is 10.8. The summed E-state index contributed by atoms with van der Waals surface area (Å²) in [4.78, 5) is 2.31. The Morgan fingerprint density at radius 2 is 2.35 bits per heavy atom. The molecule has 17 heavy (non-hydrogen) atoms. The summed E-state index contributed by atoms with van der Waals surface area (Å²) in [5.41, 5.74) is 1.23. The molecule has 3 heteroatoms. The quantitative estimate of drug-likeness (QED) is 0.844. The van der Waals surface area contributed by atoms with Gasteiger partial charge >= 0.3 is 0 Å². The van der Waals surface area contributed by atoms with E-state index in [4.69, 9.17) is 4.74 Å². The van der Waals surface area contributed by atoms with E-state index in [2.05, 4.69) is 29.4 Å². The molecule has 3 nitrogen and oxygen atoms in total. The van der Waals surface area contributed by atoms with Gasteiger partial charge < -0.3 is 15.0 Å². The van der Waals surface area contributed by atoms with E-state index >= 15 is 0 Å². The molecule has 0 saturated carbocycles. The molecule has 1 atom stereocenters. The SMILES string of the molecule is COc1cccc(N(C)CCC2CCNC2)c1. The molecular weight excluding hydrogens is 212 g/mol. The molecule has 1 heterocycles. The standard InChI is InChI=1S/C14H22N2O/c1-16(9-7-12-6-8-15-11-12)13-4-3-5-14(10-13)17-2/h3-5,10,12,15H,6-9,11H2,1-2H3. The predicted octanol–water partition coefficient (Wildman–Crippen LogP) is 2.13. The fraction of sp³-hybridized carbons (Fsp3) is 0.571. The predicted molar refractivity (Wildman–Crippen MR) is 71.9 cm³/mol. The van der Waals surface area contributed by atoms with Gasteiger partial charge in [0.2, 0.25) is 0 Å². The largest absolute Gasteiger partial charge is 0.497 e. The first kappa shape index (κ1) is 12.2. The summed E-state index contributed by atoms with van der Waals surface area (Å²) in [6, 6.07) is 8.25. The van der Waals surface area contributed by atoms with Gasteiger partial charge in [-0.3, -0.25) is 0 Å². The minimum absolute atomic E-state index is 0.850. The molecule has 0 bridgehead atoms. The summed E-state index contributed by atoms with van der Waals surface area (Å²) in [5, 5.41) is 3.42. The molecule has 1 aromatic carbocycles. The second-order valence-corrected chi connectivity index (χ2v) is 4.77. The first-order valence-corrected chi connectivity index (χ1v) is 6.35. The van der Waals surface area contributed by atoms with E-state index in [0.717, 1.165) is 18.2 Å². The maximum Gasteiger partial charge on any atom is 0.120 e. The third-order valence-electron chi connectivity index (χ3n) is 3.53. The highest BCUT2D eigenvalue weighted by atomic mass is 16.5. The first-order valence-electron chi connectivity index (χ1n) is 6.35. The Balaban J connectivity index is 1.87. The van der Waals surface area contributed by atoms with Gasteiger partial charge in [-0.25, -0.2) is 0 Å². The van der Waals surface area contributed by atoms with Crippen molar-refractivity contribution in [2.75, 3.05) is 38.7 Å². The van der Waals surface area contributed by atoms with Crippen LogP contribution in [-0.4, -0.2) is 33.8 Å². The van der Waals surface area contributed by atoms with E-state index in [-0.39, 0.29) is 0 Å². The first-order chi connectivity index (χ1) is 8.29. The Morgan fingerprint density at radius 1 is 1.47 bits per heavy atom. The van der Waals surface area contributed by atoms with Crippen LogP contribution in [0.25, 0.3) is 0 Å². The van der Waals surface area contributed by atoms with Gasteiger partial charge in [0.1, 0.15) is 5.75 Å². The van der Waals surface area contributed by atoms with Gasteiger partial charge in [-0.1, -0.05) is 6.07 Å². The van der Waals surface area contributed by atoms with Crippen molar-refractivity contribution in [1.29, 1.82) is 0 Å². The number of methoxy groups -OCH3 is 1. The lowest BCUT2D eigenvalue weighted by atomic mass is 10.0. The lowest BCUT2D eigenvalue weighted by Crippen LogP contribution is -2.21. The summed E-state index contributed by atoms with van der Waals surface area (Å²) in [7, 11) is 3.86. The molecule has 1 aliphatic heterocycles. The molecule has 2 rings (SSSR count). The molecule has 0 aliphatic carbocycles. The van der Waals surface area contributed by atoms with Crippen LogP contribution in [0.4, 0.5) is 5.69 Å². The Labute approximate surface area is 104 Å². The molecule has 1 N–H and O–H groups in total. The van der Waals surface area contributed by atoms with Gasteiger partial charge in [0.05, 0.1) is 7.11 Å². The third-order valence-corrected chi connectivity index (χ3v) is 3.53. The van der Waals surface area contributed by atoms with Crippen LogP contribution in [-0.2, 0) is 0 Å². The van der Waals surface area contributed by atoms with Crippen molar-refractivity contribution in [3.63, 3.8) is 0 Å². The molecule has 0 aromatic heterocycles. The monoisotopic (exact) mass is 234 g/mol. The van der Waals surface area contributed by atoms with Crippen molar-refractivity contribution in [2.45, 2.75) is 12.8 Å². The highest BCUT2D eigenvalue weighted by molar-refractivity contribution is 5.49. The molecule has 1 saturated heterocycles. The van der Waals surface area contributed by atoms with Crippen molar-refractivity contribution < 1.29 is 4.74 Å². The Morgan fingerprint density at radius 3 is 3.06 bits per heavy atom. The van der Waals surface area contributed by atoms with Crippen LogP contribution in [0.2, 0.25) is 0 Å². The highest BCUT2D eigenvalue weighted by Crippen LogP contribution is 2.21. The summed E-state index contributed by atoms with van der Waals surface area (Å²) < 4.78 is 5.25. The molecule has 1 unspecified atom stereocenters. The maximum absolute atomic E-state index is 5.25.